The van der Waals surface area contributed by atoms with Crippen molar-refractivity contribution in [1.29, 1.82) is 0 Å². The first-order valence-electron chi connectivity index (χ1n) is 10.6. The number of ether oxygens (including phenoxy) is 1. The Hall–Kier alpha value is -2.39. The maximum atomic E-state index is 12.9. The molecule has 2 amide bonds. The molecule has 1 N–H and O–H groups in total. The molecule has 0 spiro atoms. The summed E-state index contributed by atoms with van der Waals surface area (Å²) in [5.74, 6) is -0.257. The first-order chi connectivity index (χ1) is 15.0. The highest BCUT2D eigenvalue weighted by molar-refractivity contribution is 8.04. The van der Waals surface area contributed by atoms with Gasteiger partial charge >= 0.3 is 6.09 Å². The van der Waals surface area contributed by atoms with E-state index in [-0.39, 0.29) is 28.7 Å². The van der Waals surface area contributed by atoms with Crippen molar-refractivity contribution in [3.05, 3.63) is 41.2 Å². The number of hydrogen-bond acceptors (Lipinski definition) is 7. The SMILES string of the molecule is C=CC(=O)NC1=C(c2nc3cnccc3s2)C2(C)C[C@H](C)N(C(=O)OC(C)(C)C)CC2S1. The van der Waals surface area contributed by atoms with E-state index in [4.69, 9.17) is 9.72 Å². The van der Waals surface area contributed by atoms with Crippen LogP contribution in [0.2, 0.25) is 0 Å². The van der Waals surface area contributed by atoms with Crippen molar-refractivity contribution in [3.8, 4) is 0 Å². The minimum Gasteiger partial charge on any atom is -0.444 e. The van der Waals surface area contributed by atoms with Crippen LogP contribution in [-0.2, 0) is 9.53 Å². The van der Waals surface area contributed by atoms with Crippen LogP contribution in [-0.4, -0.2) is 50.3 Å². The summed E-state index contributed by atoms with van der Waals surface area (Å²) in [5.41, 5.74) is 1.04. The molecule has 0 saturated carbocycles. The van der Waals surface area contributed by atoms with E-state index < -0.39 is 5.60 Å². The average Bonchev–Trinajstić information content (AvgIpc) is 3.22. The van der Waals surface area contributed by atoms with Crippen LogP contribution < -0.4 is 5.32 Å². The van der Waals surface area contributed by atoms with Crippen LogP contribution in [0.5, 0.6) is 0 Å². The second kappa shape index (κ2) is 8.19. The van der Waals surface area contributed by atoms with Gasteiger partial charge in [-0.2, -0.15) is 0 Å². The molecule has 32 heavy (non-hydrogen) atoms. The average molecular weight is 473 g/mol. The number of hydrogen-bond donors (Lipinski definition) is 1. The fourth-order valence-electron chi connectivity index (χ4n) is 4.36. The summed E-state index contributed by atoms with van der Waals surface area (Å²) in [6, 6.07) is 1.93. The van der Waals surface area contributed by atoms with Crippen LogP contribution >= 0.6 is 23.1 Å². The lowest BCUT2D eigenvalue weighted by molar-refractivity contribution is -0.115. The zero-order valence-electron chi connectivity index (χ0n) is 19.0. The molecule has 0 aromatic carbocycles. The number of pyridine rings is 1. The van der Waals surface area contributed by atoms with Crippen molar-refractivity contribution in [1.82, 2.24) is 20.2 Å². The predicted octanol–water partition coefficient (Wildman–Crippen LogP) is 4.81. The highest BCUT2D eigenvalue weighted by Gasteiger charge is 2.53. The second-order valence-electron chi connectivity index (χ2n) is 9.47. The lowest BCUT2D eigenvalue weighted by atomic mass is 9.72. The molecule has 2 aromatic heterocycles. The molecule has 7 nitrogen and oxygen atoms in total. The fraction of sp³-hybridized carbons (Fsp3) is 0.478. The van der Waals surface area contributed by atoms with Gasteiger partial charge in [0, 0.05) is 35.0 Å². The molecule has 1 fully saturated rings. The van der Waals surface area contributed by atoms with Gasteiger partial charge in [0.15, 0.2) is 0 Å². The molecule has 2 aliphatic rings. The first kappa shape index (κ1) is 22.8. The van der Waals surface area contributed by atoms with Gasteiger partial charge in [-0.15, -0.1) is 23.1 Å². The lowest BCUT2D eigenvalue weighted by Crippen LogP contribution is -2.54. The van der Waals surface area contributed by atoms with Crippen molar-refractivity contribution in [2.75, 3.05) is 6.54 Å². The Labute approximate surface area is 196 Å². The third kappa shape index (κ3) is 4.15. The fourth-order valence-corrected chi connectivity index (χ4v) is 7.15. The van der Waals surface area contributed by atoms with Crippen molar-refractivity contribution in [2.24, 2.45) is 5.41 Å². The summed E-state index contributed by atoms with van der Waals surface area (Å²) < 4.78 is 6.70. The Bertz CT molecular complexity index is 1090. The number of fused-ring (bicyclic) bond motifs is 2. The predicted molar refractivity (Wildman–Crippen MR) is 129 cm³/mol. The number of carbonyl (C=O) groups excluding carboxylic acids is 2. The summed E-state index contributed by atoms with van der Waals surface area (Å²) in [6.45, 7) is 14.0. The molecule has 0 bridgehead atoms. The van der Waals surface area contributed by atoms with Gasteiger partial charge in [0.25, 0.3) is 0 Å². The standard InChI is InChI=1S/C23H28N4O3S2/c1-7-17(28)26-20-18(19-25-14-11-24-9-8-15(14)31-19)23(6)10-13(2)27(12-16(23)32-20)21(29)30-22(3,4)5/h7-9,11,13,16H,1,10,12H2,2-6H3,(H,26,28)/t13-,16?,23?/m0/s1. The number of nitrogens with one attached hydrogen (secondary N) is 1. The van der Waals surface area contributed by atoms with Crippen LogP contribution in [0.15, 0.2) is 36.1 Å². The monoisotopic (exact) mass is 472 g/mol. The third-order valence-electron chi connectivity index (χ3n) is 5.84. The maximum absolute atomic E-state index is 12.9. The number of thiazole rings is 1. The highest BCUT2D eigenvalue weighted by atomic mass is 32.2. The summed E-state index contributed by atoms with van der Waals surface area (Å²) in [4.78, 5) is 35.9. The van der Waals surface area contributed by atoms with Gasteiger partial charge in [-0.25, -0.2) is 9.78 Å². The number of rotatable bonds is 3. The first-order valence-corrected chi connectivity index (χ1v) is 12.3. The van der Waals surface area contributed by atoms with Crippen molar-refractivity contribution < 1.29 is 14.3 Å². The Balaban J connectivity index is 1.72. The summed E-state index contributed by atoms with van der Waals surface area (Å²) in [6.07, 6.45) is 5.22. The van der Waals surface area contributed by atoms with Crippen LogP contribution in [0.25, 0.3) is 15.8 Å². The number of thioether (sulfide) groups is 1. The van der Waals surface area contributed by atoms with E-state index in [1.54, 1.807) is 35.5 Å². The largest absolute Gasteiger partial charge is 0.444 e. The Morgan fingerprint density at radius 1 is 1.41 bits per heavy atom. The Morgan fingerprint density at radius 3 is 2.81 bits per heavy atom. The molecule has 2 aliphatic heterocycles. The number of nitrogens with zero attached hydrogens (tertiary/aromatic N) is 3. The van der Waals surface area contributed by atoms with Crippen LogP contribution in [0.1, 0.15) is 46.0 Å². The quantitative estimate of drug-likeness (QED) is 0.645. The highest BCUT2D eigenvalue weighted by Crippen LogP contribution is 2.59. The number of carbonyl (C=O) groups is 2. The molecular weight excluding hydrogens is 444 g/mol. The molecule has 9 heteroatoms. The smallest absolute Gasteiger partial charge is 0.410 e. The number of piperidine rings is 1. The normalized spacial score (nSPS) is 25.6. The van der Waals surface area contributed by atoms with E-state index in [0.29, 0.717) is 6.54 Å². The van der Waals surface area contributed by atoms with Gasteiger partial charge in [-0.05, 0) is 46.3 Å². The van der Waals surface area contributed by atoms with Crippen LogP contribution in [0.3, 0.4) is 0 Å². The zero-order valence-corrected chi connectivity index (χ0v) is 20.6. The van der Waals surface area contributed by atoms with E-state index in [1.165, 1.54) is 6.08 Å². The van der Waals surface area contributed by atoms with E-state index in [0.717, 1.165) is 32.2 Å². The molecule has 2 aromatic rings. The number of allylic oxidation sites excluding steroid dienone is 1. The number of likely N-dealkylation sites (tertiary alicyclic amines) is 1. The van der Waals surface area contributed by atoms with E-state index >= 15 is 0 Å². The van der Waals surface area contributed by atoms with Gasteiger partial charge in [0.2, 0.25) is 5.91 Å². The minimum atomic E-state index is -0.554. The van der Waals surface area contributed by atoms with Gasteiger partial charge in [-0.1, -0.05) is 13.5 Å². The zero-order chi connectivity index (χ0) is 23.3. The molecule has 1 saturated heterocycles. The van der Waals surface area contributed by atoms with Gasteiger partial charge in [0.05, 0.1) is 15.9 Å². The number of aromatic nitrogens is 2. The summed E-state index contributed by atoms with van der Waals surface area (Å²) in [7, 11) is 0. The van der Waals surface area contributed by atoms with Crippen molar-refractivity contribution in [3.63, 3.8) is 0 Å². The van der Waals surface area contributed by atoms with Crippen LogP contribution in [0, 0.1) is 5.41 Å². The molecule has 170 valence electrons. The van der Waals surface area contributed by atoms with Gasteiger partial charge < -0.3 is 15.0 Å². The Morgan fingerprint density at radius 2 is 2.16 bits per heavy atom. The Kier molecular flexibility index (Phi) is 5.83. The van der Waals surface area contributed by atoms with Crippen LogP contribution in [0.4, 0.5) is 4.79 Å². The minimum absolute atomic E-state index is 0.0211. The van der Waals surface area contributed by atoms with Crippen molar-refractivity contribution in [2.45, 2.75) is 57.9 Å². The van der Waals surface area contributed by atoms with E-state index in [2.05, 4.69) is 30.7 Å². The molecule has 0 aliphatic carbocycles. The maximum Gasteiger partial charge on any atom is 0.410 e. The molecule has 0 radical (unpaired) electrons. The summed E-state index contributed by atoms with van der Waals surface area (Å²) in [5, 5.41) is 4.73. The molecular formula is C23H28N4O3S2. The van der Waals surface area contributed by atoms with Gasteiger partial charge in [0.1, 0.15) is 16.1 Å². The molecule has 4 rings (SSSR count). The summed E-state index contributed by atoms with van der Waals surface area (Å²) >= 11 is 3.19. The lowest BCUT2D eigenvalue weighted by Gasteiger charge is -2.46. The molecule has 3 atom stereocenters. The van der Waals surface area contributed by atoms with E-state index in [9.17, 15) is 9.59 Å². The molecule has 2 unspecified atom stereocenters. The topological polar surface area (TPSA) is 84.4 Å². The molecule has 4 heterocycles. The van der Waals surface area contributed by atoms with Gasteiger partial charge in [-0.3, -0.25) is 9.78 Å². The van der Waals surface area contributed by atoms with E-state index in [1.807, 2.05) is 31.7 Å². The number of amides is 2. The van der Waals surface area contributed by atoms with Crippen molar-refractivity contribution >= 4 is 50.9 Å². The third-order valence-corrected chi connectivity index (χ3v) is 8.39. The second-order valence-corrected chi connectivity index (χ2v) is 11.7.